The smallest absolute Gasteiger partial charge is 0.336 e. The van der Waals surface area contributed by atoms with E-state index in [1.165, 1.54) is 17.8 Å². The highest BCUT2D eigenvalue weighted by atomic mass is 32.2. The molecule has 0 aliphatic carbocycles. The number of amides is 1. The summed E-state index contributed by atoms with van der Waals surface area (Å²) >= 11 is 1.32. The maximum absolute atomic E-state index is 12.5. The molecule has 0 radical (unpaired) electrons. The fourth-order valence-corrected chi connectivity index (χ4v) is 4.68. The zero-order valence-electron chi connectivity index (χ0n) is 19.8. The Morgan fingerprint density at radius 1 is 1.23 bits per heavy atom. The summed E-state index contributed by atoms with van der Waals surface area (Å²) in [7, 11) is 0. The van der Waals surface area contributed by atoms with Gasteiger partial charge in [0.2, 0.25) is 0 Å². The molecule has 2 aromatic carbocycles. The fraction of sp³-hybridized carbons (Fsp3) is 0.346. The molecule has 4 rings (SSSR count). The van der Waals surface area contributed by atoms with E-state index >= 15 is 0 Å². The van der Waals surface area contributed by atoms with Gasteiger partial charge in [0, 0.05) is 29.0 Å². The van der Waals surface area contributed by atoms with E-state index < -0.39 is 35.8 Å². The number of carbonyl (C=O) groups is 2. The molecule has 2 heterocycles. The van der Waals surface area contributed by atoms with Crippen LogP contribution in [-0.4, -0.2) is 47.2 Å². The van der Waals surface area contributed by atoms with Crippen molar-refractivity contribution in [1.82, 2.24) is 5.32 Å². The second-order valence-electron chi connectivity index (χ2n) is 8.96. The molecule has 0 fully saturated rings. The SMILES string of the molecule is CSC[C@H](NC(=O)COc1cc2c(c3oc(=O)cc(-c4ccccc4)c13)CCC(C)(C)O2)C(=O)O. The molecule has 1 aromatic heterocycles. The molecule has 1 aliphatic rings. The minimum atomic E-state index is -1.12. The van der Waals surface area contributed by atoms with Gasteiger partial charge in [-0.15, -0.1) is 0 Å². The lowest BCUT2D eigenvalue weighted by molar-refractivity contribution is -0.141. The summed E-state index contributed by atoms with van der Waals surface area (Å²) < 4.78 is 17.8. The van der Waals surface area contributed by atoms with Crippen molar-refractivity contribution in [1.29, 1.82) is 0 Å². The molecule has 2 N–H and O–H groups in total. The average Bonchev–Trinajstić information content (AvgIpc) is 2.81. The van der Waals surface area contributed by atoms with Gasteiger partial charge in [0.25, 0.3) is 5.91 Å². The maximum atomic E-state index is 12.5. The predicted molar refractivity (Wildman–Crippen MR) is 134 cm³/mol. The molecular formula is C26H27NO7S. The molecule has 9 heteroatoms. The van der Waals surface area contributed by atoms with Gasteiger partial charge in [-0.25, -0.2) is 9.59 Å². The first-order valence-corrected chi connectivity index (χ1v) is 12.6. The van der Waals surface area contributed by atoms with Crippen LogP contribution >= 0.6 is 11.8 Å². The van der Waals surface area contributed by atoms with Crippen LogP contribution in [0.15, 0.2) is 51.7 Å². The summed E-state index contributed by atoms with van der Waals surface area (Å²) in [6, 6.07) is 11.5. The van der Waals surface area contributed by atoms with Crippen LogP contribution in [0.2, 0.25) is 0 Å². The molecule has 0 bridgehead atoms. The largest absolute Gasteiger partial charge is 0.487 e. The normalized spacial score (nSPS) is 15.1. The topological polar surface area (TPSA) is 115 Å². The number of thioether (sulfide) groups is 1. The monoisotopic (exact) mass is 497 g/mol. The van der Waals surface area contributed by atoms with Crippen LogP contribution in [0, 0.1) is 0 Å². The average molecular weight is 498 g/mol. The lowest BCUT2D eigenvalue weighted by Gasteiger charge is -2.33. The first-order valence-electron chi connectivity index (χ1n) is 11.2. The third-order valence-corrected chi connectivity index (χ3v) is 6.48. The van der Waals surface area contributed by atoms with Gasteiger partial charge in [-0.2, -0.15) is 11.8 Å². The van der Waals surface area contributed by atoms with Gasteiger partial charge in [-0.05, 0) is 38.5 Å². The number of ether oxygens (including phenoxy) is 2. The maximum Gasteiger partial charge on any atom is 0.336 e. The molecule has 1 atom stereocenters. The van der Waals surface area contributed by atoms with Gasteiger partial charge in [-0.3, -0.25) is 4.79 Å². The summed E-state index contributed by atoms with van der Waals surface area (Å²) in [5.41, 5.74) is 1.63. The van der Waals surface area contributed by atoms with Gasteiger partial charge in [0.05, 0.1) is 5.39 Å². The standard InChI is InChI=1S/C26H27NO7S/c1-26(2)10-9-16-19(34-26)12-20(32-13-21(28)27-18(14-35-3)25(30)31)23-17(11-22(29)33-24(16)23)15-7-5-4-6-8-15/h4-8,11-12,18H,9-10,13-14H2,1-3H3,(H,27,28)(H,30,31)/t18-/m0/s1. The fourth-order valence-electron chi connectivity index (χ4n) is 4.12. The van der Waals surface area contributed by atoms with Crippen molar-refractivity contribution in [3.63, 3.8) is 0 Å². The number of carboxylic acids is 1. The number of hydrogen-bond donors (Lipinski definition) is 2. The highest BCUT2D eigenvalue weighted by Crippen LogP contribution is 2.44. The zero-order valence-corrected chi connectivity index (χ0v) is 20.6. The van der Waals surface area contributed by atoms with Gasteiger partial charge in [0.15, 0.2) is 6.61 Å². The summed E-state index contributed by atoms with van der Waals surface area (Å²) in [6.45, 7) is 3.54. The number of benzene rings is 2. The number of carbonyl (C=O) groups excluding carboxylic acids is 1. The van der Waals surface area contributed by atoms with Gasteiger partial charge >= 0.3 is 11.6 Å². The van der Waals surface area contributed by atoms with Gasteiger partial charge < -0.3 is 24.3 Å². The van der Waals surface area contributed by atoms with Crippen molar-refractivity contribution < 1.29 is 28.6 Å². The molecule has 3 aromatic rings. The molecule has 35 heavy (non-hydrogen) atoms. The Hall–Kier alpha value is -3.46. The first-order chi connectivity index (χ1) is 16.7. The molecular weight excluding hydrogens is 470 g/mol. The first kappa shape index (κ1) is 24.7. The quantitative estimate of drug-likeness (QED) is 0.451. The highest BCUT2D eigenvalue weighted by Gasteiger charge is 2.31. The molecule has 0 unspecified atom stereocenters. The van der Waals surface area contributed by atoms with Crippen molar-refractivity contribution in [3.8, 4) is 22.6 Å². The molecule has 1 aliphatic heterocycles. The Balaban J connectivity index is 1.79. The predicted octanol–water partition coefficient (Wildman–Crippen LogP) is 3.87. The zero-order chi connectivity index (χ0) is 25.2. The van der Waals surface area contributed by atoms with Crippen molar-refractivity contribution in [2.24, 2.45) is 0 Å². The van der Waals surface area contributed by atoms with Crippen LogP contribution in [0.5, 0.6) is 11.5 Å². The Kier molecular flexibility index (Phi) is 7.07. The van der Waals surface area contributed by atoms with E-state index in [2.05, 4.69) is 5.32 Å². The second-order valence-corrected chi connectivity index (χ2v) is 9.88. The van der Waals surface area contributed by atoms with Crippen LogP contribution < -0.4 is 20.4 Å². The molecule has 0 spiro atoms. The minimum absolute atomic E-state index is 0.231. The highest BCUT2D eigenvalue weighted by molar-refractivity contribution is 7.98. The summed E-state index contributed by atoms with van der Waals surface area (Å²) in [5.74, 6) is -0.614. The molecule has 0 saturated carbocycles. The van der Waals surface area contributed by atoms with Gasteiger partial charge in [-0.1, -0.05) is 30.3 Å². The second kappa shape index (κ2) is 10.0. The Morgan fingerprint density at radius 3 is 2.66 bits per heavy atom. The number of rotatable bonds is 8. The number of carboxylic acid groups (broad SMARTS) is 1. The number of aryl methyl sites for hydroxylation is 1. The Morgan fingerprint density at radius 2 is 1.97 bits per heavy atom. The number of fused-ring (bicyclic) bond motifs is 3. The van der Waals surface area contributed by atoms with E-state index in [1.807, 2.05) is 44.2 Å². The van der Waals surface area contributed by atoms with Crippen LogP contribution in [0.4, 0.5) is 0 Å². The molecule has 8 nitrogen and oxygen atoms in total. The molecule has 0 saturated heterocycles. The van der Waals surface area contributed by atoms with E-state index in [9.17, 15) is 19.5 Å². The Bertz CT molecular complexity index is 1320. The van der Waals surface area contributed by atoms with Crippen molar-refractivity contribution in [2.45, 2.75) is 38.3 Å². The molecule has 1 amide bonds. The van der Waals surface area contributed by atoms with Crippen LogP contribution in [0.25, 0.3) is 22.1 Å². The van der Waals surface area contributed by atoms with E-state index in [1.54, 1.807) is 12.3 Å². The lowest BCUT2D eigenvalue weighted by atomic mass is 9.91. The minimum Gasteiger partial charge on any atom is -0.487 e. The van der Waals surface area contributed by atoms with Crippen LogP contribution in [-0.2, 0) is 16.0 Å². The van der Waals surface area contributed by atoms with E-state index in [0.29, 0.717) is 34.5 Å². The molecule has 184 valence electrons. The third kappa shape index (κ3) is 5.45. The van der Waals surface area contributed by atoms with Gasteiger partial charge in [0.1, 0.15) is 28.7 Å². The third-order valence-electron chi connectivity index (χ3n) is 5.81. The van der Waals surface area contributed by atoms with Crippen molar-refractivity contribution in [3.05, 3.63) is 58.4 Å². The summed E-state index contributed by atoms with van der Waals surface area (Å²) in [5, 5.41) is 12.4. The van der Waals surface area contributed by atoms with Crippen molar-refractivity contribution in [2.75, 3.05) is 18.6 Å². The Labute approximate surface area is 206 Å². The van der Waals surface area contributed by atoms with E-state index in [0.717, 1.165) is 17.5 Å². The lowest BCUT2D eigenvalue weighted by Crippen LogP contribution is -2.44. The van der Waals surface area contributed by atoms with Crippen LogP contribution in [0.3, 0.4) is 0 Å². The van der Waals surface area contributed by atoms with Crippen molar-refractivity contribution >= 4 is 34.6 Å². The number of aliphatic carboxylic acids is 1. The summed E-state index contributed by atoms with van der Waals surface area (Å²) in [4.78, 5) is 36.5. The van der Waals surface area contributed by atoms with Crippen LogP contribution in [0.1, 0.15) is 25.8 Å². The van der Waals surface area contributed by atoms with E-state index in [-0.39, 0.29) is 5.75 Å². The van der Waals surface area contributed by atoms with E-state index in [4.69, 9.17) is 13.9 Å². The number of hydrogen-bond acceptors (Lipinski definition) is 7. The number of nitrogens with one attached hydrogen (secondary N) is 1. The summed E-state index contributed by atoms with van der Waals surface area (Å²) in [6.07, 6.45) is 3.15.